The van der Waals surface area contributed by atoms with Crippen molar-refractivity contribution in [3.8, 4) is 11.5 Å². The molecule has 0 amide bonds. The summed E-state index contributed by atoms with van der Waals surface area (Å²) < 4.78 is 16.5. The number of methoxy groups -OCH3 is 1. The van der Waals surface area contributed by atoms with E-state index in [0.29, 0.717) is 25.2 Å². The number of ether oxygens (including phenoxy) is 3. The van der Waals surface area contributed by atoms with Gasteiger partial charge in [0.25, 0.3) is 0 Å². The van der Waals surface area contributed by atoms with Gasteiger partial charge in [-0.2, -0.15) is 0 Å². The Morgan fingerprint density at radius 3 is 2.48 bits per heavy atom. The van der Waals surface area contributed by atoms with Crippen LogP contribution in [0, 0.1) is 6.92 Å². The van der Waals surface area contributed by atoms with Crippen molar-refractivity contribution >= 4 is 0 Å². The fourth-order valence-corrected chi connectivity index (χ4v) is 3.68. The van der Waals surface area contributed by atoms with E-state index in [1.54, 1.807) is 7.11 Å². The Balaban J connectivity index is 1.56. The number of rotatable bonds is 9. The van der Waals surface area contributed by atoms with E-state index in [9.17, 15) is 0 Å². The normalized spacial score (nSPS) is 19.2. The summed E-state index contributed by atoms with van der Waals surface area (Å²) in [5, 5.41) is 3.67. The number of aryl methyl sites for hydroxylation is 1. The molecule has 146 valence electrons. The van der Waals surface area contributed by atoms with Gasteiger partial charge in [0.15, 0.2) is 0 Å². The second-order valence-corrected chi connectivity index (χ2v) is 7.12. The van der Waals surface area contributed by atoms with Gasteiger partial charge in [0.05, 0.1) is 13.2 Å². The van der Waals surface area contributed by atoms with Crippen molar-refractivity contribution in [2.24, 2.45) is 0 Å². The minimum Gasteiger partial charge on any atom is -0.494 e. The van der Waals surface area contributed by atoms with Gasteiger partial charge in [-0.3, -0.25) is 0 Å². The third-order valence-corrected chi connectivity index (χ3v) is 5.15. The summed E-state index contributed by atoms with van der Waals surface area (Å²) in [4.78, 5) is 0. The van der Waals surface area contributed by atoms with Gasteiger partial charge in [0.2, 0.25) is 0 Å². The minimum absolute atomic E-state index is 0.393. The molecule has 1 fully saturated rings. The molecule has 27 heavy (non-hydrogen) atoms. The van der Waals surface area contributed by atoms with Crippen LogP contribution in [-0.4, -0.2) is 33.5 Å². The van der Waals surface area contributed by atoms with Crippen LogP contribution in [0.3, 0.4) is 0 Å². The molecule has 1 aliphatic heterocycles. The average Bonchev–Trinajstić information content (AvgIpc) is 3.18. The zero-order valence-corrected chi connectivity index (χ0v) is 16.7. The Bertz CT molecular complexity index is 714. The molecule has 1 saturated heterocycles. The van der Waals surface area contributed by atoms with Crippen molar-refractivity contribution in [1.82, 2.24) is 5.32 Å². The molecule has 3 rings (SSSR count). The maximum Gasteiger partial charge on any atom is 0.122 e. The monoisotopic (exact) mass is 369 g/mol. The topological polar surface area (TPSA) is 39.7 Å². The van der Waals surface area contributed by atoms with Gasteiger partial charge in [0, 0.05) is 32.7 Å². The summed E-state index contributed by atoms with van der Waals surface area (Å²) in [6, 6.07) is 15.5. The van der Waals surface area contributed by atoms with Crippen molar-refractivity contribution in [2.45, 2.75) is 38.6 Å². The van der Waals surface area contributed by atoms with Crippen molar-refractivity contribution in [3.05, 3.63) is 59.2 Å². The van der Waals surface area contributed by atoms with Crippen LogP contribution < -0.4 is 14.8 Å². The van der Waals surface area contributed by atoms with E-state index in [1.165, 1.54) is 16.7 Å². The van der Waals surface area contributed by atoms with Crippen molar-refractivity contribution < 1.29 is 14.2 Å². The molecular weight excluding hydrogens is 338 g/mol. The second kappa shape index (κ2) is 9.77. The first-order chi connectivity index (χ1) is 13.2. The van der Waals surface area contributed by atoms with Gasteiger partial charge in [0.1, 0.15) is 11.5 Å². The molecular formula is C23H31NO3. The maximum atomic E-state index is 5.75. The van der Waals surface area contributed by atoms with E-state index in [1.807, 2.05) is 6.92 Å². The summed E-state index contributed by atoms with van der Waals surface area (Å²) >= 11 is 0. The first-order valence-corrected chi connectivity index (χ1v) is 9.89. The highest BCUT2D eigenvalue weighted by atomic mass is 16.5. The fraction of sp³-hybridized carbons (Fsp3) is 0.478. The lowest BCUT2D eigenvalue weighted by molar-refractivity contribution is 0.172. The molecule has 0 saturated carbocycles. The van der Waals surface area contributed by atoms with Crippen LogP contribution in [0.1, 0.15) is 48.4 Å². The molecule has 2 atom stereocenters. The Hall–Kier alpha value is -2.04. The van der Waals surface area contributed by atoms with E-state index in [2.05, 4.69) is 54.7 Å². The molecule has 0 aliphatic carbocycles. The Morgan fingerprint density at radius 1 is 1.00 bits per heavy atom. The van der Waals surface area contributed by atoms with Gasteiger partial charge >= 0.3 is 0 Å². The van der Waals surface area contributed by atoms with Gasteiger partial charge in [-0.15, -0.1) is 0 Å². The Labute approximate surface area is 162 Å². The molecule has 4 heteroatoms. The third kappa shape index (κ3) is 5.24. The molecule has 2 aromatic rings. The molecule has 1 N–H and O–H groups in total. The lowest BCUT2D eigenvalue weighted by Gasteiger charge is -2.14. The SMILES string of the molecule is CCOc1ccc(C2CNC(c3ccc(OCCCOC)cc3)C2)cc1C. The van der Waals surface area contributed by atoms with Crippen LogP contribution in [0.2, 0.25) is 0 Å². The molecule has 0 aromatic heterocycles. The summed E-state index contributed by atoms with van der Waals surface area (Å²) in [5.41, 5.74) is 3.93. The standard InChI is InChI=1S/C23H31NO3/c1-4-26-23-11-8-19(14-17(23)2)20-15-22(24-16-20)18-6-9-21(10-7-18)27-13-5-12-25-3/h6-11,14,20,22,24H,4-5,12-13,15-16H2,1-3H3. The van der Waals surface area contributed by atoms with Gasteiger partial charge in [-0.25, -0.2) is 0 Å². The quantitative estimate of drug-likeness (QED) is 0.654. The number of nitrogens with one attached hydrogen (secondary N) is 1. The van der Waals surface area contributed by atoms with Crippen LogP contribution >= 0.6 is 0 Å². The van der Waals surface area contributed by atoms with E-state index in [4.69, 9.17) is 14.2 Å². The molecule has 0 radical (unpaired) electrons. The molecule has 1 heterocycles. The highest BCUT2D eigenvalue weighted by molar-refractivity contribution is 5.39. The molecule has 4 nitrogen and oxygen atoms in total. The first kappa shape index (κ1) is 19.7. The van der Waals surface area contributed by atoms with Crippen LogP contribution in [-0.2, 0) is 4.74 Å². The zero-order valence-electron chi connectivity index (χ0n) is 16.7. The molecule has 2 unspecified atom stereocenters. The van der Waals surface area contributed by atoms with Gasteiger partial charge < -0.3 is 19.5 Å². The highest BCUT2D eigenvalue weighted by Crippen LogP contribution is 2.35. The fourth-order valence-electron chi connectivity index (χ4n) is 3.68. The Morgan fingerprint density at radius 2 is 1.78 bits per heavy atom. The van der Waals surface area contributed by atoms with Crippen molar-refractivity contribution in [2.75, 3.05) is 33.5 Å². The van der Waals surface area contributed by atoms with Crippen LogP contribution in [0.25, 0.3) is 0 Å². The zero-order chi connectivity index (χ0) is 19.1. The molecule has 1 aliphatic rings. The van der Waals surface area contributed by atoms with Crippen molar-refractivity contribution in [1.29, 1.82) is 0 Å². The number of benzene rings is 2. The summed E-state index contributed by atoms with van der Waals surface area (Å²) in [6.45, 7) is 7.28. The molecule has 2 aromatic carbocycles. The predicted molar refractivity (Wildman–Crippen MR) is 109 cm³/mol. The number of hydrogen-bond donors (Lipinski definition) is 1. The third-order valence-electron chi connectivity index (χ3n) is 5.15. The molecule has 0 spiro atoms. The maximum absolute atomic E-state index is 5.75. The van der Waals surface area contributed by atoms with E-state index in [0.717, 1.165) is 37.5 Å². The van der Waals surface area contributed by atoms with Crippen molar-refractivity contribution in [3.63, 3.8) is 0 Å². The van der Waals surface area contributed by atoms with E-state index < -0.39 is 0 Å². The van der Waals surface area contributed by atoms with E-state index >= 15 is 0 Å². The smallest absolute Gasteiger partial charge is 0.122 e. The summed E-state index contributed by atoms with van der Waals surface area (Å²) in [5.74, 6) is 2.45. The largest absolute Gasteiger partial charge is 0.494 e. The lowest BCUT2D eigenvalue weighted by atomic mass is 9.93. The summed E-state index contributed by atoms with van der Waals surface area (Å²) in [7, 11) is 1.71. The summed E-state index contributed by atoms with van der Waals surface area (Å²) in [6.07, 6.45) is 2.02. The van der Waals surface area contributed by atoms with Crippen LogP contribution in [0.5, 0.6) is 11.5 Å². The first-order valence-electron chi connectivity index (χ1n) is 9.89. The second-order valence-electron chi connectivity index (χ2n) is 7.12. The average molecular weight is 370 g/mol. The van der Waals surface area contributed by atoms with E-state index in [-0.39, 0.29) is 0 Å². The van der Waals surface area contributed by atoms with Gasteiger partial charge in [-0.1, -0.05) is 24.3 Å². The molecule has 0 bridgehead atoms. The van der Waals surface area contributed by atoms with Gasteiger partial charge in [-0.05, 0) is 61.1 Å². The Kier molecular flexibility index (Phi) is 7.13. The number of hydrogen-bond acceptors (Lipinski definition) is 4. The minimum atomic E-state index is 0.393. The predicted octanol–water partition coefficient (Wildman–Crippen LogP) is 4.63. The van der Waals surface area contributed by atoms with Crippen LogP contribution in [0.4, 0.5) is 0 Å². The van der Waals surface area contributed by atoms with Crippen LogP contribution in [0.15, 0.2) is 42.5 Å². The lowest BCUT2D eigenvalue weighted by Crippen LogP contribution is -2.13. The highest BCUT2D eigenvalue weighted by Gasteiger charge is 2.26.